The van der Waals surface area contributed by atoms with Crippen LogP contribution in [0.3, 0.4) is 0 Å². The Labute approximate surface area is 176 Å². The summed E-state index contributed by atoms with van der Waals surface area (Å²) in [6.45, 7) is 5.39. The van der Waals surface area contributed by atoms with Crippen LogP contribution in [-0.4, -0.2) is 37.8 Å². The molecular formula is C19H18ClFN6O3. The van der Waals surface area contributed by atoms with Gasteiger partial charge >= 0.3 is 6.09 Å². The van der Waals surface area contributed by atoms with Crippen LogP contribution in [0, 0.1) is 5.82 Å². The average molecular weight is 433 g/mol. The lowest BCUT2D eigenvalue weighted by molar-refractivity contribution is 0.129. The predicted octanol–water partition coefficient (Wildman–Crippen LogP) is 4.05. The van der Waals surface area contributed by atoms with Gasteiger partial charge in [-0.3, -0.25) is 0 Å². The predicted molar refractivity (Wildman–Crippen MR) is 107 cm³/mol. The molecule has 1 aliphatic rings. The molecule has 1 aliphatic heterocycles. The van der Waals surface area contributed by atoms with Gasteiger partial charge in [0.2, 0.25) is 17.7 Å². The quantitative estimate of drug-likeness (QED) is 0.643. The molecule has 9 nitrogen and oxygen atoms in total. The van der Waals surface area contributed by atoms with Crippen LogP contribution in [0.2, 0.25) is 5.02 Å². The van der Waals surface area contributed by atoms with Gasteiger partial charge in [-0.05, 0) is 45.0 Å². The van der Waals surface area contributed by atoms with E-state index in [-0.39, 0.29) is 24.2 Å². The largest absolute Gasteiger partial charge is 0.444 e. The van der Waals surface area contributed by atoms with Crippen molar-refractivity contribution in [1.29, 1.82) is 0 Å². The number of hydrogen-bond donors (Lipinski definition) is 1. The number of aromatic nitrogens is 4. The van der Waals surface area contributed by atoms with Crippen LogP contribution in [0.4, 0.5) is 21.0 Å². The van der Waals surface area contributed by atoms with Crippen LogP contribution in [0.15, 0.2) is 35.0 Å². The van der Waals surface area contributed by atoms with Crippen LogP contribution in [0.5, 0.6) is 0 Å². The van der Waals surface area contributed by atoms with E-state index in [2.05, 4.69) is 25.4 Å². The molecule has 4 rings (SSSR count). The van der Waals surface area contributed by atoms with Crippen molar-refractivity contribution in [3.05, 3.63) is 47.2 Å². The zero-order valence-corrected chi connectivity index (χ0v) is 17.1. The van der Waals surface area contributed by atoms with Crippen molar-refractivity contribution in [2.24, 2.45) is 0 Å². The molecular weight excluding hydrogens is 415 g/mol. The van der Waals surface area contributed by atoms with Gasteiger partial charge in [0.25, 0.3) is 0 Å². The molecule has 3 aromatic rings. The number of amides is 1. The summed E-state index contributed by atoms with van der Waals surface area (Å²) < 4.78 is 24.8. The summed E-state index contributed by atoms with van der Waals surface area (Å²) in [5.41, 5.74) is -0.0256. The van der Waals surface area contributed by atoms with Crippen molar-refractivity contribution < 1.29 is 18.4 Å². The topological polar surface area (TPSA) is 106 Å². The van der Waals surface area contributed by atoms with Crippen LogP contribution >= 0.6 is 11.6 Å². The van der Waals surface area contributed by atoms with E-state index in [4.69, 9.17) is 20.9 Å². The fourth-order valence-electron chi connectivity index (χ4n) is 2.92. The lowest BCUT2D eigenvalue weighted by atomic mass is 9.98. The fraction of sp³-hybridized carbons (Fsp3) is 0.316. The smallest absolute Gasteiger partial charge is 0.416 e. The molecule has 1 unspecified atom stereocenters. The summed E-state index contributed by atoms with van der Waals surface area (Å²) in [5, 5.41) is 7.42. The third kappa shape index (κ3) is 3.65. The second kappa shape index (κ2) is 7.52. The first-order valence-electron chi connectivity index (χ1n) is 9.11. The van der Waals surface area contributed by atoms with Crippen LogP contribution in [0.1, 0.15) is 26.7 Å². The SMILES string of the molecule is CC1OC(=O)N(c2nc(NCc3nc(-c4ccc(Cl)cc4)no3)ncc2F)C1(C)C. The molecule has 1 amide bonds. The van der Waals surface area contributed by atoms with Gasteiger partial charge in [0, 0.05) is 10.6 Å². The summed E-state index contributed by atoms with van der Waals surface area (Å²) >= 11 is 5.88. The second-order valence-corrected chi connectivity index (χ2v) is 7.69. The molecule has 0 spiro atoms. The number of nitrogens with zero attached hydrogens (tertiary/aromatic N) is 5. The molecule has 3 heterocycles. The summed E-state index contributed by atoms with van der Waals surface area (Å²) in [5.74, 6) is -0.119. The highest BCUT2D eigenvalue weighted by molar-refractivity contribution is 6.30. The molecule has 1 atom stereocenters. The van der Waals surface area contributed by atoms with Gasteiger partial charge in [0.1, 0.15) is 6.10 Å². The molecule has 0 radical (unpaired) electrons. The number of benzene rings is 1. The highest BCUT2D eigenvalue weighted by atomic mass is 35.5. The molecule has 30 heavy (non-hydrogen) atoms. The molecule has 2 aromatic heterocycles. The van der Waals surface area contributed by atoms with Crippen LogP contribution < -0.4 is 10.2 Å². The van der Waals surface area contributed by atoms with Crippen molar-refractivity contribution in [3.8, 4) is 11.4 Å². The number of cyclic esters (lactones) is 1. The Morgan fingerprint density at radius 3 is 2.67 bits per heavy atom. The minimum Gasteiger partial charge on any atom is -0.444 e. The summed E-state index contributed by atoms with van der Waals surface area (Å²) in [6.07, 6.45) is -0.106. The van der Waals surface area contributed by atoms with Gasteiger partial charge in [-0.2, -0.15) is 9.97 Å². The highest BCUT2D eigenvalue weighted by Crippen LogP contribution is 2.35. The minimum atomic E-state index is -0.774. The zero-order chi connectivity index (χ0) is 21.5. The Balaban J connectivity index is 1.51. The van der Waals surface area contributed by atoms with E-state index in [1.165, 1.54) is 4.90 Å². The van der Waals surface area contributed by atoms with Crippen molar-refractivity contribution in [2.75, 3.05) is 10.2 Å². The zero-order valence-electron chi connectivity index (χ0n) is 16.4. The summed E-state index contributed by atoms with van der Waals surface area (Å²) in [4.78, 5) is 25.8. The van der Waals surface area contributed by atoms with Gasteiger partial charge in [-0.15, -0.1) is 0 Å². The van der Waals surface area contributed by atoms with Gasteiger partial charge in [0.15, 0.2) is 11.6 Å². The van der Waals surface area contributed by atoms with E-state index in [0.717, 1.165) is 11.8 Å². The number of ether oxygens (including phenoxy) is 1. The number of halogens is 2. The maximum absolute atomic E-state index is 14.4. The van der Waals surface area contributed by atoms with Gasteiger partial charge in [0.05, 0.1) is 18.3 Å². The monoisotopic (exact) mass is 432 g/mol. The molecule has 0 saturated carbocycles. The Morgan fingerprint density at radius 1 is 1.27 bits per heavy atom. The van der Waals surface area contributed by atoms with E-state index in [1.807, 2.05) is 0 Å². The Morgan fingerprint density at radius 2 is 2.00 bits per heavy atom. The lowest BCUT2D eigenvalue weighted by Gasteiger charge is -2.29. The maximum Gasteiger partial charge on any atom is 0.416 e. The molecule has 1 aromatic carbocycles. The highest BCUT2D eigenvalue weighted by Gasteiger charge is 2.48. The van der Waals surface area contributed by atoms with Crippen LogP contribution in [-0.2, 0) is 11.3 Å². The first-order valence-corrected chi connectivity index (χ1v) is 9.49. The molecule has 1 saturated heterocycles. The number of carbonyl (C=O) groups is 1. The van der Waals surface area contributed by atoms with E-state index in [1.54, 1.807) is 45.0 Å². The normalized spacial score (nSPS) is 17.8. The first-order chi connectivity index (χ1) is 14.3. The molecule has 1 fully saturated rings. The number of anilines is 2. The average Bonchev–Trinajstić information content (AvgIpc) is 3.25. The Bertz CT molecular complexity index is 1090. The first kappa shape index (κ1) is 20.0. The molecule has 0 aliphatic carbocycles. The van der Waals surface area contributed by atoms with E-state index < -0.39 is 23.6 Å². The van der Waals surface area contributed by atoms with Gasteiger partial charge < -0.3 is 14.6 Å². The molecule has 1 N–H and O–H groups in total. The molecule has 156 valence electrons. The minimum absolute atomic E-state index is 0.0980. The third-order valence-electron chi connectivity index (χ3n) is 4.94. The number of carbonyl (C=O) groups excluding carboxylic acids is 1. The van der Waals surface area contributed by atoms with E-state index in [0.29, 0.717) is 10.8 Å². The fourth-order valence-corrected chi connectivity index (χ4v) is 3.05. The maximum atomic E-state index is 14.4. The van der Waals surface area contributed by atoms with Crippen LogP contribution in [0.25, 0.3) is 11.4 Å². The summed E-state index contributed by atoms with van der Waals surface area (Å²) in [6, 6.07) is 7.00. The number of nitrogens with one attached hydrogen (secondary N) is 1. The third-order valence-corrected chi connectivity index (χ3v) is 5.19. The standard InChI is InChI=1S/C19H18ClFN6O3/c1-10-19(2,3)27(18(28)29-10)16-13(21)8-22-17(25-16)23-9-14-24-15(26-30-14)11-4-6-12(20)7-5-11/h4-8,10H,9H2,1-3H3,(H,22,23,25). The number of rotatable bonds is 5. The van der Waals surface area contributed by atoms with Crippen molar-refractivity contribution in [3.63, 3.8) is 0 Å². The van der Waals surface area contributed by atoms with E-state index >= 15 is 0 Å². The Hall–Kier alpha value is -3.27. The van der Waals surface area contributed by atoms with Crippen molar-refractivity contribution >= 4 is 29.5 Å². The van der Waals surface area contributed by atoms with E-state index in [9.17, 15) is 9.18 Å². The van der Waals surface area contributed by atoms with Gasteiger partial charge in [-0.1, -0.05) is 16.8 Å². The Kier molecular flexibility index (Phi) is 5.02. The summed E-state index contributed by atoms with van der Waals surface area (Å²) in [7, 11) is 0. The van der Waals surface area contributed by atoms with Crippen molar-refractivity contribution in [2.45, 2.75) is 39.0 Å². The molecule has 0 bridgehead atoms. The lowest BCUT2D eigenvalue weighted by Crippen LogP contribution is -2.46. The van der Waals surface area contributed by atoms with Crippen molar-refractivity contribution in [1.82, 2.24) is 20.1 Å². The second-order valence-electron chi connectivity index (χ2n) is 7.25. The number of hydrogen-bond acceptors (Lipinski definition) is 8. The van der Waals surface area contributed by atoms with Gasteiger partial charge in [-0.25, -0.2) is 19.1 Å². The molecule has 11 heteroatoms.